The number of aromatic hydroxyl groups is 5. The minimum atomic E-state index is -0.743. The van der Waals surface area contributed by atoms with Gasteiger partial charge in [-0.25, -0.2) is 0 Å². The molecule has 5 N–H and O–H groups in total. The van der Waals surface area contributed by atoms with Gasteiger partial charge in [0.2, 0.25) is 5.75 Å². The minimum absolute atomic E-state index is 0.0858. The van der Waals surface area contributed by atoms with Crippen molar-refractivity contribution in [2.75, 3.05) is 7.11 Å². The molecule has 0 aliphatic heterocycles. The number of methoxy groups -OCH3 is 1. The lowest BCUT2D eigenvalue weighted by Gasteiger charge is -2.11. The number of carbonyl (C=O) groups excluding carboxylic acids is 1. The molecule has 0 radical (unpaired) electrons. The number of rotatable bonds is 3. The van der Waals surface area contributed by atoms with Gasteiger partial charge in [0.15, 0.2) is 34.5 Å². The average Bonchev–Trinajstić information content (AvgIpc) is 2.46. The molecule has 7 heteroatoms. The van der Waals surface area contributed by atoms with Gasteiger partial charge in [0, 0.05) is 5.56 Å². The van der Waals surface area contributed by atoms with Crippen molar-refractivity contribution in [1.29, 1.82) is 0 Å². The highest BCUT2D eigenvalue weighted by molar-refractivity contribution is 6.12. The maximum Gasteiger partial charge on any atom is 0.201 e. The van der Waals surface area contributed by atoms with Crippen LogP contribution in [0.3, 0.4) is 0 Å². The summed E-state index contributed by atoms with van der Waals surface area (Å²) in [7, 11) is 1.21. The average molecular weight is 292 g/mol. The fourth-order valence-corrected chi connectivity index (χ4v) is 1.84. The summed E-state index contributed by atoms with van der Waals surface area (Å²) in [6.45, 7) is 0. The van der Waals surface area contributed by atoms with E-state index in [0.29, 0.717) is 0 Å². The molecule has 0 heterocycles. The predicted octanol–water partition coefficient (Wildman–Crippen LogP) is 1.45. The lowest BCUT2D eigenvalue weighted by Crippen LogP contribution is -2.04. The van der Waals surface area contributed by atoms with Crippen LogP contribution in [0.5, 0.6) is 34.5 Å². The molecule has 110 valence electrons. The molecule has 0 spiro atoms. The molecule has 2 aromatic rings. The maximum atomic E-state index is 12.3. The van der Waals surface area contributed by atoms with Gasteiger partial charge in [-0.05, 0) is 24.3 Å². The first-order valence-corrected chi connectivity index (χ1v) is 5.75. The van der Waals surface area contributed by atoms with Crippen LogP contribution in [0.4, 0.5) is 0 Å². The standard InChI is InChI=1S/C14H12O7/c1-21-14-7(2-3-8(15)13(14)20)11(18)6-4-9(16)12(19)10(17)5-6/h2-5,15-17,19-20H,1H3. The molecule has 0 fully saturated rings. The van der Waals surface area contributed by atoms with Crippen LogP contribution in [0.1, 0.15) is 15.9 Å². The molecular formula is C14H12O7. The van der Waals surface area contributed by atoms with Gasteiger partial charge >= 0.3 is 0 Å². The Labute approximate surface area is 118 Å². The summed E-state index contributed by atoms with van der Waals surface area (Å²) in [6, 6.07) is 4.24. The van der Waals surface area contributed by atoms with Gasteiger partial charge in [-0.15, -0.1) is 0 Å². The fourth-order valence-electron chi connectivity index (χ4n) is 1.84. The molecule has 0 atom stereocenters. The van der Waals surface area contributed by atoms with Crippen LogP contribution < -0.4 is 4.74 Å². The lowest BCUT2D eigenvalue weighted by atomic mass is 10.0. The molecule has 0 aromatic heterocycles. The largest absolute Gasteiger partial charge is 0.504 e. The Balaban J connectivity index is 2.58. The number of carbonyl (C=O) groups is 1. The number of benzene rings is 2. The van der Waals surface area contributed by atoms with Gasteiger partial charge in [-0.3, -0.25) is 4.79 Å². The monoisotopic (exact) mass is 292 g/mol. The Bertz CT molecular complexity index is 698. The van der Waals surface area contributed by atoms with E-state index in [1.165, 1.54) is 13.2 Å². The van der Waals surface area contributed by atoms with E-state index in [-0.39, 0.29) is 16.9 Å². The number of phenolic OH excluding ortho intramolecular Hbond substituents is 5. The van der Waals surface area contributed by atoms with Gasteiger partial charge in [0.1, 0.15) is 0 Å². The van der Waals surface area contributed by atoms with Crippen molar-refractivity contribution in [3.05, 3.63) is 35.4 Å². The van der Waals surface area contributed by atoms with E-state index < -0.39 is 34.5 Å². The molecule has 7 nitrogen and oxygen atoms in total. The molecule has 0 saturated heterocycles. The van der Waals surface area contributed by atoms with Gasteiger partial charge in [0.25, 0.3) is 0 Å². The smallest absolute Gasteiger partial charge is 0.201 e. The zero-order valence-corrected chi connectivity index (χ0v) is 10.9. The van der Waals surface area contributed by atoms with E-state index in [1.807, 2.05) is 0 Å². The second-order valence-electron chi connectivity index (χ2n) is 4.21. The van der Waals surface area contributed by atoms with Crippen LogP contribution in [0, 0.1) is 0 Å². The molecule has 0 bridgehead atoms. The highest BCUT2D eigenvalue weighted by Gasteiger charge is 2.22. The van der Waals surface area contributed by atoms with Crippen molar-refractivity contribution in [2.24, 2.45) is 0 Å². The van der Waals surface area contributed by atoms with Gasteiger partial charge in [0.05, 0.1) is 12.7 Å². The third kappa shape index (κ3) is 2.36. The molecule has 0 saturated carbocycles. The van der Waals surface area contributed by atoms with Crippen molar-refractivity contribution in [3.63, 3.8) is 0 Å². The van der Waals surface area contributed by atoms with Gasteiger partial charge < -0.3 is 30.3 Å². The molecule has 0 unspecified atom stereocenters. The van der Waals surface area contributed by atoms with E-state index in [2.05, 4.69) is 0 Å². The first kappa shape index (κ1) is 14.3. The zero-order chi connectivity index (χ0) is 15.7. The number of hydrogen-bond acceptors (Lipinski definition) is 7. The third-order valence-corrected chi connectivity index (χ3v) is 2.89. The second-order valence-corrected chi connectivity index (χ2v) is 4.21. The lowest BCUT2D eigenvalue weighted by molar-refractivity contribution is 0.103. The van der Waals surface area contributed by atoms with Crippen molar-refractivity contribution in [3.8, 4) is 34.5 Å². The molecule has 0 aliphatic carbocycles. The van der Waals surface area contributed by atoms with E-state index in [9.17, 15) is 30.3 Å². The molecule has 0 amide bonds. The SMILES string of the molecule is COc1c(C(=O)c2cc(O)c(O)c(O)c2)ccc(O)c1O. The first-order chi connectivity index (χ1) is 9.86. The molecule has 2 aromatic carbocycles. The minimum Gasteiger partial charge on any atom is -0.504 e. The fraction of sp³-hybridized carbons (Fsp3) is 0.0714. The van der Waals surface area contributed by atoms with Crippen molar-refractivity contribution >= 4 is 5.78 Å². The summed E-state index contributed by atoms with van der Waals surface area (Å²) < 4.78 is 4.88. The highest BCUT2D eigenvalue weighted by Crippen LogP contribution is 2.40. The number of ether oxygens (including phenoxy) is 1. The summed E-state index contributed by atoms with van der Waals surface area (Å²) >= 11 is 0. The number of phenols is 5. The summed E-state index contributed by atoms with van der Waals surface area (Å²) in [5.41, 5.74) is -0.219. The highest BCUT2D eigenvalue weighted by atomic mass is 16.5. The Kier molecular flexibility index (Phi) is 3.49. The number of ketones is 1. The summed E-state index contributed by atoms with van der Waals surface area (Å²) in [5.74, 6) is -4.07. The first-order valence-electron chi connectivity index (χ1n) is 5.75. The molecular weight excluding hydrogens is 280 g/mol. The van der Waals surface area contributed by atoms with E-state index in [0.717, 1.165) is 18.2 Å². The normalized spacial score (nSPS) is 10.3. The Morgan fingerprint density at radius 2 is 1.48 bits per heavy atom. The van der Waals surface area contributed by atoms with Crippen LogP contribution in [-0.4, -0.2) is 38.4 Å². The Morgan fingerprint density at radius 3 is 2.00 bits per heavy atom. The van der Waals surface area contributed by atoms with Crippen molar-refractivity contribution < 1.29 is 35.1 Å². The van der Waals surface area contributed by atoms with E-state index >= 15 is 0 Å². The number of hydrogen-bond donors (Lipinski definition) is 5. The van der Waals surface area contributed by atoms with Crippen molar-refractivity contribution in [1.82, 2.24) is 0 Å². The zero-order valence-electron chi connectivity index (χ0n) is 10.9. The van der Waals surface area contributed by atoms with Crippen LogP contribution >= 0.6 is 0 Å². The third-order valence-electron chi connectivity index (χ3n) is 2.89. The van der Waals surface area contributed by atoms with Crippen LogP contribution in [0.25, 0.3) is 0 Å². The summed E-state index contributed by atoms with van der Waals surface area (Å²) in [5, 5.41) is 47.1. The van der Waals surface area contributed by atoms with Crippen LogP contribution in [0.2, 0.25) is 0 Å². The van der Waals surface area contributed by atoms with Gasteiger partial charge in [-0.1, -0.05) is 0 Å². The molecule has 2 rings (SSSR count). The van der Waals surface area contributed by atoms with Crippen LogP contribution in [0.15, 0.2) is 24.3 Å². The van der Waals surface area contributed by atoms with Crippen LogP contribution in [-0.2, 0) is 0 Å². The van der Waals surface area contributed by atoms with Crippen molar-refractivity contribution in [2.45, 2.75) is 0 Å². The van der Waals surface area contributed by atoms with E-state index in [1.54, 1.807) is 0 Å². The Hall–Kier alpha value is -3.09. The molecule has 0 aliphatic rings. The molecule has 21 heavy (non-hydrogen) atoms. The van der Waals surface area contributed by atoms with E-state index in [4.69, 9.17) is 4.74 Å². The maximum absolute atomic E-state index is 12.3. The quantitative estimate of drug-likeness (QED) is 0.428. The summed E-state index contributed by atoms with van der Waals surface area (Å²) in [4.78, 5) is 12.3. The topological polar surface area (TPSA) is 127 Å². The second kappa shape index (κ2) is 5.12. The summed E-state index contributed by atoms with van der Waals surface area (Å²) in [6.07, 6.45) is 0. The Morgan fingerprint density at radius 1 is 0.905 bits per heavy atom. The predicted molar refractivity (Wildman–Crippen MR) is 71.2 cm³/mol. The van der Waals surface area contributed by atoms with Gasteiger partial charge in [-0.2, -0.15) is 0 Å².